The minimum atomic E-state index is 0.0800. The first-order valence-electron chi connectivity index (χ1n) is 6.96. The van der Waals surface area contributed by atoms with Crippen molar-refractivity contribution < 1.29 is 4.79 Å². The van der Waals surface area contributed by atoms with Crippen molar-refractivity contribution >= 4 is 5.91 Å². The van der Waals surface area contributed by atoms with Crippen molar-refractivity contribution in [1.29, 1.82) is 0 Å². The van der Waals surface area contributed by atoms with Crippen molar-refractivity contribution in [2.24, 2.45) is 5.92 Å². The van der Waals surface area contributed by atoms with Gasteiger partial charge in [-0.2, -0.15) is 0 Å². The van der Waals surface area contributed by atoms with E-state index < -0.39 is 0 Å². The monoisotopic (exact) mass is 253 g/mol. The van der Waals surface area contributed by atoms with Gasteiger partial charge in [0, 0.05) is 26.6 Å². The number of hydrogen-bond donors (Lipinski definition) is 2. The average molecular weight is 253 g/mol. The van der Waals surface area contributed by atoms with E-state index in [-0.39, 0.29) is 5.91 Å². The SMILES string of the molecule is C=C(CNCC)CN1CCC(CNC(C)=O)CC1. The largest absolute Gasteiger partial charge is 0.356 e. The molecule has 0 atom stereocenters. The van der Waals surface area contributed by atoms with Crippen LogP contribution in [0.3, 0.4) is 0 Å². The molecule has 0 radical (unpaired) electrons. The number of amides is 1. The van der Waals surface area contributed by atoms with Gasteiger partial charge in [0.25, 0.3) is 0 Å². The number of piperidine rings is 1. The molecular formula is C14H27N3O. The third kappa shape index (κ3) is 6.17. The third-order valence-electron chi connectivity index (χ3n) is 3.42. The molecule has 0 unspecified atom stereocenters. The Hall–Kier alpha value is -0.870. The Balaban J connectivity index is 2.14. The molecule has 0 spiro atoms. The van der Waals surface area contributed by atoms with Gasteiger partial charge in [0.05, 0.1) is 0 Å². The van der Waals surface area contributed by atoms with Gasteiger partial charge in [-0.1, -0.05) is 13.5 Å². The van der Waals surface area contributed by atoms with Crippen LogP contribution >= 0.6 is 0 Å². The predicted octanol–water partition coefficient (Wildman–Crippen LogP) is 1.00. The van der Waals surface area contributed by atoms with Gasteiger partial charge in [-0.05, 0) is 44.0 Å². The molecule has 18 heavy (non-hydrogen) atoms. The average Bonchev–Trinajstić information content (AvgIpc) is 2.35. The van der Waals surface area contributed by atoms with Crippen molar-refractivity contribution in [3.8, 4) is 0 Å². The van der Waals surface area contributed by atoms with Crippen molar-refractivity contribution in [2.75, 3.05) is 39.3 Å². The summed E-state index contributed by atoms with van der Waals surface area (Å²) in [7, 11) is 0. The van der Waals surface area contributed by atoms with E-state index in [9.17, 15) is 4.79 Å². The summed E-state index contributed by atoms with van der Waals surface area (Å²) in [5.41, 5.74) is 1.26. The summed E-state index contributed by atoms with van der Waals surface area (Å²) in [6.45, 7) is 13.8. The lowest BCUT2D eigenvalue weighted by Crippen LogP contribution is -2.39. The molecule has 1 amide bonds. The number of likely N-dealkylation sites (tertiary alicyclic amines) is 1. The Morgan fingerprint density at radius 1 is 1.39 bits per heavy atom. The fourth-order valence-electron chi connectivity index (χ4n) is 2.31. The molecule has 0 aromatic rings. The van der Waals surface area contributed by atoms with Crippen LogP contribution in [0, 0.1) is 5.92 Å². The molecule has 0 aromatic heterocycles. The molecule has 1 rings (SSSR count). The molecule has 104 valence electrons. The second kappa shape index (κ2) is 8.27. The number of hydrogen-bond acceptors (Lipinski definition) is 3. The van der Waals surface area contributed by atoms with E-state index in [2.05, 4.69) is 29.0 Å². The molecule has 1 saturated heterocycles. The zero-order chi connectivity index (χ0) is 13.4. The highest BCUT2D eigenvalue weighted by Crippen LogP contribution is 2.16. The van der Waals surface area contributed by atoms with Crippen molar-refractivity contribution in [3.05, 3.63) is 12.2 Å². The van der Waals surface area contributed by atoms with Gasteiger partial charge < -0.3 is 10.6 Å². The molecular weight excluding hydrogens is 226 g/mol. The Labute approximate surface area is 111 Å². The van der Waals surface area contributed by atoms with Gasteiger partial charge in [-0.25, -0.2) is 0 Å². The van der Waals surface area contributed by atoms with Crippen molar-refractivity contribution in [1.82, 2.24) is 15.5 Å². The van der Waals surface area contributed by atoms with E-state index in [0.717, 1.165) is 39.3 Å². The number of carbonyl (C=O) groups excluding carboxylic acids is 1. The molecule has 2 N–H and O–H groups in total. The first-order chi connectivity index (χ1) is 8.61. The van der Waals surface area contributed by atoms with Crippen LogP contribution in [0.1, 0.15) is 26.7 Å². The number of nitrogens with zero attached hydrogens (tertiary/aromatic N) is 1. The molecule has 4 heteroatoms. The van der Waals surface area contributed by atoms with Gasteiger partial charge in [-0.15, -0.1) is 0 Å². The Kier molecular flexibility index (Phi) is 6.98. The maximum atomic E-state index is 10.9. The first kappa shape index (κ1) is 15.2. The quantitative estimate of drug-likeness (QED) is 0.665. The molecule has 1 heterocycles. The topological polar surface area (TPSA) is 44.4 Å². The number of carbonyl (C=O) groups is 1. The van der Waals surface area contributed by atoms with E-state index in [0.29, 0.717) is 5.92 Å². The van der Waals surface area contributed by atoms with Gasteiger partial charge in [0.15, 0.2) is 0 Å². The lowest BCUT2D eigenvalue weighted by Gasteiger charge is -2.32. The molecule has 0 bridgehead atoms. The Bertz CT molecular complexity index is 270. The van der Waals surface area contributed by atoms with Gasteiger partial charge in [0.2, 0.25) is 5.91 Å². The molecule has 1 aliphatic heterocycles. The highest BCUT2D eigenvalue weighted by atomic mass is 16.1. The van der Waals surface area contributed by atoms with Crippen LogP contribution in [0.15, 0.2) is 12.2 Å². The molecule has 0 aromatic carbocycles. The van der Waals surface area contributed by atoms with Crippen molar-refractivity contribution in [2.45, 2.75) is 26.7 Å². The minimum absolute atomic E-state index is 0.0800. The summed E-state index contributed by atoms with van der Waals surface area (Å²) < 4.78 is 0. The normalized spacial score (nSPS) is 17.7. The van der Waals surface area contributed by atoms with Crippen LogP contribution in [0.25, 0.3) is 0 Å². The predicted molar refractivity (Wildman–Crippen MR) is 75.5 cm³/mol. The lowest BCUT2D eigenvalue weighted by atomic mass is 9.96. The van der Waals surface area contributed by atoms with Crippen LogP contribution in [-0.2, 0) is 4.79 Å². The molecule has 0 saturated carbocycles. The highest BCUT2D eigenvalue weighted by Gasteiger charge is 2.19. The summed E-state index contributed by atoms with van der Waals surface area (Å²) in [6.07, 6.45) is 2.35. The Morgan fingerprint density at radius 3 is 2.61 bits per heavy atom. The zero-order valence-electron chi connectivity index (χ0n) is 11.8. The van der Waals surface area contributed by atoms with E-state index in [1.807, 2.05) is 0 Å². The van der Waals surface area contributed by atoms with Crippen LogP contribution in [0.5, 0.6) is 0 Å². The summed E-state index contributed by atoms with van der Waals surface area (Å²) >= 11 is 0. The smallest absolute Gasteiger partial charge is 0.216 e. The molecule has 4 nitrogen and oxygen atoms in total. The van der Waals surface area contributed by atoms with Crippen LogP contribution in [0.2, 0.25) is 0 Å². The van der Waals surface area contributed by atoms with E-state index in [4.69, 9.17) is 0 Å². The summed E-state index contributed by atoms with van der Waals surface area (Å²) in [5.74, 6) is 0.726. The molecule has 1 aliphatic rings. The van der Waals surface area contributed by atoms with E-state index >= 15 is 0 Å². The fraction of sp³-hybridized carbons (Fsp3) is 0.786. The lowest BCUT2D eigenvalue weighted by molar-refractivity contribution is -0.119. The summed E-state index contributed by atoms with van der Waals surface area (Å²) in [4.78, 5) is 13.3. The van der Waals surface area contributed by atoms with Gasteiger partial charge in [-0.3, -0.25) is 9.69 Å². The zero-order valence-corrected chi connectivity index (χ0v) is 11.8. The number of likely N-dealkylation sites (N-methyl/N-ethyl adjacent to an activating group) is 1. The van der Waals surface area contributed by atoms with E-state index in [1.54, 1.807) is 6.92 Å². The van der Waals surface area contributed by atoms with E-state index in [1.165, 1.54) is 18.4 Å². The van der Waals surface area contributed by atoms with Crippen LogP contribution in [-0.4, -0.2) is 50.1 Å². The molecule has 1 fully saturated rings. The first-order valence-corrected chi connectivity index (χ1v) is 6.96. The van der Waals surface area contributed by atoms with Gasteiger partial charge in [0.1, 0.15) is 0 Å². The maximum Gasteiger partial charge on any atom is 0.216 e. The maximum absolute atomic E-state index is 10.9. The standard InChI is InChI=1S/C14H27N3O/c1-4-15-9-12(2)11-17-7-5-14(6-8-17)10-16-13(3)18/h14-15H,2,4-11H2,1,3H3,(H,16,18). The third-order valence-corrected chi connectivity index (χ3v) is 3.42. The number of nitrogens with one attached hydrogen (secondary N) is 2. The second-order valence-electron chi connectivity index (χ2n) is 5.19. The number of rotatable bonds is 7. The minimum Gasteiger partial charge on any atom is -0.356 e. The summed E-state index contributed by atoms with van der Waals surface area (Å²) in [5, 5.41) is 6.22. The van der Waals surface area contributed by atoms with Crippen LogP contribution < -0.4 is 10.6 Å². The van der Waals surface area contributed by atoms with Crippen molar-refractivity contribution in [3.63, 3.8) is 0 Å². The summed E-state index contributed by atoms with van der Waals surface area (Å²) in [6, 6.07) is 0. The molecule has 0 aliphatic carbocycles. The Morgan fingerprint density at radius 2 is 2.06 bits per heavy atom. The second-order valence-corrected chi connectivity index (χ2v) is 5.19. The van der Waals surface area contributed by atoms with Gasteiger partial charge >= 0.3 is 0 Å². The fourth-order valence-corrected chi connectivity index (χ4v) is 2.31. The highest BCUT2D eigenvalue weighted by molar-refractivity contribution is 5.72. The van der Waals surface area contributed by atoms with Crippen LogP contribution in [0.4, 0.5) is 0 Å².